The number of nitro groups is 1. The molecule has 0 spiro atoms. The van der Waals surface area contributed by atoms with Crippen molar-refractivity contribution >= 4 is 5.69 Å². The molecule has 0 amide bonds. The van der Waals surface area contributed by atoms with E-state index in [0.29, 0.717) is 6.42 Å². The summed E-state index contributed by atoms with van der Waals surface area (Å²) >= 11 is 0. The van der Waals surface area contributed by atoms with Gasteiger partial charge in [-0.25, -0.2) is 0 Å². The van der Waals surface area contributed by atoms with E-state index >= 15 is 0 Å². The van der Waals surface area contributed by atoms with Gasteiger partial charge in [0, 0.05) is 24.2 Å². The molecule has 1 heterocycles. The number of nitro benzene ring substituents is 1. The molecule has 1 N–H and O–H groups in total. The highest BCUT2D eigenvalue weighted by Crippen LogP contribution is 2.21. The molecule has 1 aromatic rings. The third kappa shape index (κ3) is 3.52. The van der Waals surface area contributed by atoms with Crippen molar-refractivity contribution in [1.82, 2.24) is 4.90 Å². The molecule has 1 aromatic carbocycles. The Morgan fingerprint density at radius 3 is 2.89 bits per heavy atom. The summed E-state index contributed by atoms with van der Waals surface area (Å²) in [6.07, 6.45) is 3.99. The first-order valence-corrected chi connectivity index (χ1v) is 6.79. The van der Waals surface area contributed by atoms with E-state index in [0.717, 1.165) is 37.9 Å². The first-order valence-electron chi connectivity index (χ1n) is 6.79. The molecule has 0 radical (unpaired) electrons. The molecule has 1 aliphatic rings. The number of rotatable bonds is 5. The van der Waals surface area contributed by atoms with Crippen molar-refractivity contribution < 1.29 is 10.0 Å². The Labute approximate surface area is 113 Å². The zero-order chi connectivity index (χ0) is 13.7. The number of benzene rings is 1. The SMILES string of the molecule is O=[N+]([O-])c1ccccc1CCN1CCCCC1CO. The minimum absolute atomic E-state index is 0.177. The molecule has 0 bridgehead atoms. The van der Waals surface area contributed by atoms with Gasteiger partial charge in [0.2, 0.25) is 0 Å². The molecule has 2 rings (SSSR count). The third-order valence-electron chi connectivity index (χ3n) is 3.82. The predicted octanol–water partition coefficient (Wildman–Crippen LogP) is 1.98. The van der Waals surface area contributed by atoms with Gasteiger partial charge in [0.1, 0.15) is 0 Å². The van der Waals surface area contributed by atoms with Crippen LogP contribution in [0.1, 0.15) is 24.8 Å². The minimum atomic E-state index is -0.324. The fourth-order valence-corrected chi connectivity index (χ4v) is 2.73. The molecule has 104 valence electrons. The first kappa shape index (κ1) is 14.0. The van der Waals surface area contributed by atoms with Gasteiger partial charge in [-0.15, -0.1) is 0 Å². The zero-order valence-electron chi connectivity index (χ0n) is 11.0. The highest BCUT2D eigenvalue weighted by atomic mass is 16.6. The molecule has 1 fully saturated rings. The molecule has 1 unspecified atom stereocenters. The van der Waals surface area contributed by atoms with Crippen molar-refractivity contribution in [1.29, 1.82) is 0 Å². The normalized spacial score (nSPS) is 20.4. The Bertz CT molecular complexity index is 436. The standard InChI is InChI=1S/C14H20N2O3/c17-11-13-6-3-4-9-15(13)10-8-12-5-1-2-7-14(12)16(18)19/h1-2,5,7,13,17H,3-4,6,8-11H2. The smallest absolute Gasteiger partial charge is 0.272 e. The van der Waals surface area contributed by atoms with Crippen molar-refractivity contribution in [2.75, 3.05) is 19.7 Å². The summed E-state index contributed by atoms with van der Waals surface area (Å²) in [5.41, 5.74) is 0.967. The van der Waals surface area contributed by atoms with Crippen LogP contribution in [0.25, 0.3) is 0 Å². The summed E-state index contributed by atoms with van der Waals surface area (Å²) in [7, 11) is 0. The molecule has 5 heteroatoms. The average molecular weight is 264 g/mol. The number of aliphatic hydroxyl groups is 1. The molecule has 1 aliphatic heterocycles. The van der Waals surface area contributed by atoms with E-state index in [1.54, 1.807) is 12.1 Å². The van der Waals surface area contributed by atoms with E-state index in [4.69, 9.17) is 0 Å². The summed E-state index contributed by atoms with van der Waals surface area (Å²) in [5, 5.41) is 20.3. The molecule has 0 aliphatic carbocycles. The molecule has 0 saturated carbocycles. The van der Waals surface area contributed by atoms with Crippen LogP contribution in [0.3, 0.4) is 0 Å². The summed E-state index contributed by atoms with van der Waals surface area (Å²) < 4.78 is 0. The second-order valence-electron chi connectivity index (χ2n) is 5.00. The maximum atomic E-state index is 10.9. The van der Waals surface area contributed by atoms with Gasteiger partial charge in [-0.05, 0) is 25.8 Å². The maximum Gasteiger partial charge on any atom is 0.272 e. The van der Waals surface area contributed by atoms with Crippen LogP contribution in [0, 0.1) is 10.1 Å². The third-order valence-corrected chi connectivity index (χ3v) is 3.82. The van der Waals surface area contributed by atoms with Crippen LogP contribution in [0.2, 0.25) is 0 Å². The van der Waals surface area contributed by atoms with Crippen LogP contribution in [0.4, 0.5) is 5.69 Å². The van der Waals surface area contributed by atoms with Crippen LogP contribution in [-0.4, -0.2) is 40.7 Å². The second kappa shape index (κ2) is 6.63. The average Bonchev–Trinajstić information content (AvgIpc) is 2.45. The molecule has 0 aromatic heterocycles. The lowest BCUT2D eigenvalue weighted by Gasteiger charge is -2.34. The summed E-state index contributed by atoms with van der Waals surface area (Å²) in [5.74, 6) is 0. The Kier molecular flexibility index (Phi) is 4.87. The topological polar surface area (TPSA) is 66.6 Å². The van der Waals surface area contributed by atoms with Crippen molar-refractivity contribution in [3.63, 3.8) is 0 Å². The van der Waals surface area contributed by atoms with Crippen molar-refractivity contribution in [3.8, 4) is 0 Å². The largest absolute Gasteiger partial charge is 0.395 e. The Morgan fingerprint density at radius 2 is 2.16 bits per heavy atom. The van der Waals surface area contributed by atoms with Crippen LogP contribution < -0.4 is 0 Å². The monoisotopic (exact) mass is 264 g/mol. The van der Waals surface area contributed by atoms with Gasteiger partial charge < -0.3 is 5.11 Å². The fourth-order valence-electron chi connectivity index (χ4n) is 2.73. The number of aliphatic hydroxyl groups excluding tert-OH is 1. The highest BCUT2D eigenvalue weighted by Gasteiger charge is 2.22. The Balaban J connectivity index is 2.00. The van der Waals surface area contributed by atoms with Gasteiger partial charge in [-0.1, -0.05) is 24.6 Å². The first-order chi connectivity index (χ1) is 9.22. The molecule has 1 atom stereocenters. The van der Waals surface area contributed by atoms with E-state index in [-0.39, 0.29) is 23.3 Å². The second-order valence-corrected chi connectivity index (χ2v) is 5.00. The van der Waals surface area contributed by atoms with E-state index < -0.39 is 0 Å². The van der Waals surface area contributed by atoms with E-state index in [9.17, 15) is 15.2 Å². The van der Waals surface area contributed by atoms with Crippen LogP contribution in [0.5, 0.6) is 0 Å². The molecule has 19 heavy (non-hydrogen) atoms. The number of para-hydroxylation sites is 1. The maximum absolute atomic E-state index is 10.9. The number of likely N-dealkylation sites (tertiary alicyclic amines) is 1. The minimum Gasteiger partial charge on any atom is -0.395 e. The van der Waals surface area contributed by atoms with Crippen molar-refractivity contribution in [2.45, 2.75) is 31.7 Å². The summed E-state index contributed by atoms with van der Waals surface area (Å²) in [6, 6.07) is 7.11. The van der Waals surface area contributed by atoms with Gasteiger partial charge in [0.05, 0.1) is 11.5 Å². The van der Waals surface area contributed by atoms with E-state index in [1.807, 2.05) is 12.1 Å². The summed E-state index contributed by atoms with van der Waals surface area (Å²) in [4.78, 5) is 12.9. The van der Waals surface area contributed by atoms with E-state index in [1.165, 1.54) is 0 Å². The van der Waals surface area contributed by atoms with Gasteiger partial charge in [-0.2, -0.15) is 0 Å². The number of piperidine rings is 1. The number of nitrogens with zero attached hydrogens (tertiary/aromatic N) is 2. The predicted molar refractivity (Wildman–Crippen MR) is 73.1 cm³/mol. The molecule has 5 nitrogen and oxygen atoms in total. The quantitative estimate of drug-likeness (QED) is 0.652. The van der Waals surface area contributed by atoms with Crippen LogP contribution in [0.15, 0.2) is 24.3 Å². The zero-order valence-corrected chi connectivity index (χ0v) is 11.0. The lowest BCUT2D eigenvalue weighted by Crippen LogP contribution is -2.42. The Hall–Kier alpha value is -1.46. The summed E-state index contributed by atoms with van der Waals surface area (Å²) in [6.45, 7) is 1.93. The van der Waals surface area contributed by atoms with Crippen LogP contribution >= 0.6 is 0 Å². The van der Waals surface area contributed by atoms with Gasteiger partial charge >= 0.3 is 0 Å². The fraction of sp³-hybridized carbons (Fsp3) is 0.571. The number of hydrogen-bond donors (Lipinski definition) is 1. The van der Waals surface area contributed by atoms with Gasteiger partial charge in [-0.3, -0.25) is 15.0 Å². The lowest BCUT2D eigenvalue weighted by molar-refractivity contribution is -0.385. The van der Waals surface area contributed by atoms with Gasteiger partial charge in [0.25, 0.3) is 5.69 Å². The highest BCUT2D eigenvalue weighted by molar-refractivity contribution is 5.39. The van der Waals surface area contributed by atoms with E-state index in [2.05, 4.69) is 4.90 Å². The van der Waals surface area contributed by atoms with Gasteiger partial charge in [0.15, 0.2) is 0 Å². The van der Waals surface area contributed by atoms with Crippen LogP contribution in [-0.2, 0) is 6.42 Å². The lowest BCUT2D eigenvalue weighted by atomic mass is 10.0. The van der Waals surface area contributed by atoms with Crippen molar-refractivity contribution in [3.05, 3.63) is 39.9 Å². The molecular weight excluding hydrogens is 244 g/mol. The number of hydrogen-bond acceptors (Lipinski definition) is 4. The van der Waals surface area contributed by atoms with Crippen molar-refractivity contribution in [2.24, 2.45) is 0 Å². The molecular formula is C14H20N2O3. The molecule has 1 saturated heterocycles. The Morgan fingerprint density at radius 1 is 1.37 bits per heavy atom.